The maximum Gasteiger partial charge on any atom is 0.128 e. The molecule has 1 aromatic rings. The van der Waals surface area contributed by atoms with Crippen molar-refractivity contribution in [2.24, 2.45) is 0 Å². The molecule has 0 heterocycles. The lowest BCUT2D eigenvalue weighted by Gasteiger charge is -2.14. The van der Waals surface area contributed by atoms with Crippen LogP contribution in [0.25, 0.3) is 0 Å². The van der Waals surface area contributed by atoms with Crippen LogP contribution in [0.2, 0.25) is 0 Å². The molecule has 5 heteroatoms. The molecule has 0 saturated heterocycles. The van der Waals surface area contributed by atoms with Crippen LogP contribution in [0.1, 0.15) is 25.0 Å². The molecule has 5 nitrogen and oxygen atoms in total. The third-order valence-corrected chi connectivity index (χ3v) is 2.79. The predicted octanol–water partition coefficient (Wildman–Crippen LogP) is 2.18. The minimum absolute atomic E-state index is 0.528. The lowest BCUT2D eigenvalue weighted by Crippen LogP contribution is -2.08. The SMILES string of the molecule is COCCOCCCOc1cc(OC)ccc1[C@@H](C)O. The summed E-state index contributed by atoms with van der Waals surface area (Å²) in [6.45, 7) is 4.05. The number of rotatable bonds is 10. The summed E-state index contributed by atoms with van der Waals surface area (Å²) >= 11 is 0. The van der Waals surface area contributed by atoms with Gasteiger partial charge in [-0.25, -0.2) is 0 Å². The molecule has 0 bridgehead atoms. The number of benzene rings is 1. The quantitative estimate of drug-likeness (QED) is 0.667. The number of aliphatic hydroxyl groups is 1. The summed E-state index contributed by atoms with van der Waals surface area (Å²) in [7, 11) is 3.25. The Bertz CT molecular complexity index is 379. The van der Waals surface area contributed by atoms with Crippen molar-refractivity contribution in [3.63, 3.8) is 0 Å². The second-order valence-electron chi connectivity index (χ2n) is 4.39. The predicted molar refractivity (Wildman–Crippen MR) is 76.4 cm³/mol. The van der Waals surface area contributed by atoms with E-state index in [1.54, 1.807) is 27.2 Å². The topological polar surface area (TPSA) is 57.2 Å². The second kappa shape index (κ2) is 9.58. The highest BCUT2D eigenvalue weighted by molar-refractivity contribution is 5.41. The molecule has 0 amide bonds. The van der Waals surface area contributed by atoms with Crippen molar-refractivity contribution in [2.45, 2.75) is 19.4 Å². The first kappa shape index (κ1) is 16.8. The van der Waals surface area contributed by atoms with E-state index >= 15 is 0 Å². The number of ether oxygens (including phenoxy) is 4. The van der Waals surface area contributed by atoms with Gasteiger partial charge in [0.2, 0.25) is 0 Å². The summed E-state index contributed by atoms with van der Waals surface area (Å²) in [5.41, 5.74) is 0.756. The zero-order valence-electron chi connectivity index (χ0n) is 12.4. The minimum Gasteiger partial charge on any atom is -0.497 e. The average molecular weight is 284 g/mol. The van der Waals surface area contributed by atoms with Gasteiger partial charge in [0.1, 0.15) is 11.5 Å². The van der Waals surface area contributed by atoms with Gasteiger partial charge in [-0.05, 0) is 19.1 Å². The van der Waals surface area contributed by atoms with Crippen LogP contribution in [0.4, 0.5) is 0 Å². The molecule has 1 aromatic carbocycles. The second-order valence-corrected chi connectivity index (χ2v) is 4.39. The van der Waals surface area contributed by atoms with Gasteiger partial charge >= 0.3 is 0 Å². The summed E-state index contributed by atoms with van der Waals surface area (Å²) in [6, 6.07) is 5.41. The van der Waals surface area contributed by atoms with E-state index in [4.69, 9.17) is 18.9 Å². The van der Waals surface area contributed by atoms with Crippen LogP contribution in [-0.2, 0) is 9.47 Å². The molecular formula is C15H24O5. The van der Waals surface area contributed by atoms with Crippen molar-refractivity contribution in [1.29, 1.82) is 0 Å². The molecule has 1 atom stereocenters. The van der Waals surface area contributed by atoms with Gasteiger partial charge in [-0.15, -0.1) is 0 Å². The van der Waals surface area contributed by atoms with E-state index in [9.17, 15) is 5.11 Å². The fourth-order valence-corrected chi connectivity index (χ4v) is 1.70. The van der Waals surface area contributed by atoms with Crippen LogP contribution < -0.4 is 9.47 Å². The van der Waals surface area contributed by atoms with Gasteiger partial charge in [0.15, 0.2) is 0 Å². The van der Waals surface area contributed by atoms with E-state index in [1.807, 2.05) is 12.1 Å². The van der Waals surface area contributed by atoms with Crippen LogP contribution in [0.3, 0.4) is 0 Å². The van der Waals surface area contributed by atoms with E-state index < -0.39 is 6.10 Å². The Morgan fingerprint density at radius 1 is 1.10 bits per heavy atom. The van der Waals surface area contributed by atoms with Crippen LogP contribution in [-0.4, -0.2) is 45.8 Å². The summed E-state index contributed by atoms with van der Waals surface area (Å²) in [5, 5.41) is 9.71. The zero-order valence-corrected chi connectivity index (χ0v) is 12.4. The summed E-state index contributed by atoms with van der Waals surface area (Å²) < 4.78 is 21.1. The summed E-state index contributed by atoms with van der Waals surface area (Å²) in [4.78, 5) is 0. The molecule has 0 fully saturated rings. The van der Waals surface area contributed by atoms with Crippen LogP contribution in [0, 0.1) is 0 Å². The third kappa shape index (κ3) is 5.77. The van der Waals surface area contributed by atoms with Gasteiger partial charge in [-0.3, -0.25) is 0 Å². The standard InChI is InChI=1S/C15H24O5/c1-12(16)14-6-5-13(18-3)11-15(14)20-8-4-7-19-10-9-17-2/h5-6,11-12,16H,4,7-10H2,1-3H3/t12-/m1/s1. The molecule has 0 aliphatic heterocycles. The van der Waals surface area contributed by atoms with Gasteiger partial charge in [0.25, 0.3) is 0 Å². The first-order valence-corrected chi connectivity index (χ1v) is 6.74. The number of aliphatic hydroxyl groups excluding tert-OH is 1. The highest BCUT2D eigenvalue weighted by Crippen LogP contribution is 2.29. The Morgan fingerprint density at radius 3 is 2.55 bits per heavy atom. The fraction of sp³-hybridized carbons (Fsp3) is 0.600. The Labute approximate surface area is 120 Å². The Balaban J connectivity index is 2.41. The Morgan fingerprint density at radius 2 is 1.90 bits per heavy atom. The largest absolute Gasteiger partial charge is 0.497 e. The molecule has 0 saturated carbocycles. The van der Waals surface area contributed by atoms with E-state index in [0.717, 1.165) is 12.0 Å². The van der Waals surface area contributed by atoms with Crippen LogP contribution in [0.5, 0.6) is 11.5 Å². The summed E-state index contributed by atoms with van der Waals surface area (Å²) in [6.07, 6.45) is 0.203. The molecule has 20 heavy (non-hydrogen) atoms. The first-order chi connectivity index (χ1) is 9.69. The fourth-order valence-electron chi connectivity index (χ4n) is 1.70. The van der Waals surface area contributed by atoms with Gasteiger partial charge < -0.3 is 24.1 Å². The monoisotopic (exact) mass is 284 g/mol. The van der Waals surface area contributed by atoms with Crippen molar-refractivity contribution in [1.82, 2.24) is 0 Å². The zero-order chi connectivity index (χ0) is 14.8. The molecule has 0 radical (unpaired) electrons. The van der Waals surface area contributed by atoms with E-state index in [2.05, 4.69) is 0 Å². The molecule has 0 aliphatic carbocycles. The Hall–Kier alpha value is -1.30. The van der Waals surface area contributed by atoms with Gasteiger partial charge in [0.05, 0.1) is 33.0 Å². The molecule has 0 spiro atoms. The molecule has 114 valence electrons. The lowest BCUT2D eigenvalue weighted by atomic mass is 10.1. The van der Waals surface area contributed by atoms with Crippen molar-refractivity contribution >= 4 is 0 Å². The normalized spacial score (nSPS) is 12.2. The lowest BCUT2D eigenvalue weighted by molar-refractivity contribution is 0.0642. The van der Waals surface area contributed by atoms with Crippen molar-refractivity contribution in [3.05, 3.63) is 23.8 Å². The average Bonchev–Trinajstić information content (AvgIpc) is 2.45. The minimum atomic E-state index is -0.575. The Kier molecular flexibility index (Phi) is 8.02. The summed E-state index contributed by atoms with van der Waals surface area (Å²) in [5.74, 6) is 1.36. The molecule has 0 unspecified atom stereocenters. The smallest absolute Gasteiger partial charge is 0.128 e. The third-order valence-electron chi connectivity index (χ3n) is 2.79. The van der Waals surface area contributed by atoms with Gasteiger partial charge in [-0.2, -0.15) is 0 Å². The van der Waals surface area contributed by atoms with Crippen LogP contribution in [0.15, 0.2) is 18.2 Å². The first-order valence-electron chi connectivity index (χ1n) is 6.74. The molecular weight excluding hydrogens is 260 g/mol. The van der Waals surface area contributed by atoms with Crippen molar-refractivity contribution < 1.29 is 24.1 Å². The maximum atomic E-state index is 9.71. The highest BCUT2D eigenvalue weighted by atomic mass is 16.5. The van der Waals surface area contributed by atoms with Crippen LogP contribution >= 0.6 is 0 Å². The number of hydrogen-bond acceptors (Lipinski definition) is 5. The highest BCUT2D eigenvalue weighted by Gasteiger charge is 2.10. The van der Waals surface area contributed by atoms with Crippen molar-refractivity contribution in [2.75, 3.05) is 40.6 Å². The van der Waals surface area contributed by atoms with E-state index in [0.29, 0.717) is 37.9 Å². The van der Waals surface area contributed by atoms with Gasteiger partial charge in [0, 0.05) is 31.8 Å². The van der Waals surface area contributed by atoms with Gasteiger partial charge in [-0.1, -0.05) is 0 Å². The number of methoxy groups -OCH3 is 2. The molecule has 0 aliphatic rings. The number of hydrogen-bond donors (Lipinski definition) is 1. The molecule has 1 rings (SSSR count). The molecule has 0 aromatic heterocycles. The van der Waals surface area contributed by atoms with E-state index in [-0.39, 0.29) is 0 Å². The van der Waals surface area contributed by atoms with E-state index in [1.165, 1.54) is 0 Å². The maximum absolute atomic E-state index is 9.71. The van der Waals surface area contributed by atoms with Crippen molar-refractivity contribution in [3.8, 4) is 11.5 Å². The molecule has 1 N–H and O–H groups in total.